The van der Waals surface area contributed by atoms with Crippen LogP contribution in [-0.2, 0) is 17.8 Å². The van der Waals surface area contributed by atoms with E-state index in [0.29, 0.717) is 5.56 Å². The Morgan fingerprint density at radius 1 is 1.25 bits per heavy atom. The van der Waals surface area contributed by atoms with Crippen molar-refractivity contribution >= 4 is 11.8 Å². The highest BCUT2D eigenvalue weighted by molar-refractivity contribution is 5.96. The molecular weight excluding hydrogens is 260 g/mol. The summed E-state index contributed by atoms with van der Waals surface area (Å²) in [6.07, 6.45) is -0.312. The molecule has 104 valence electrons. The number of carboxylic acid groups (broad SMARTS) is 1. The summed E-state index contributed by atoms with van der Waals surface area (Å²) in [7, 11) is 0. The molecule has 0 radical (unpaired) electrons. The molecule has 0 saturated carbocycles. The predicted molar refractivity (Wildman–Crippen MR) is 69.4 cm³/mol. The predicted octanol–water partition coefficient (Wildman–Crippen LogP) is 0.800. The molecule has 0 aliphatic carbocycles. The first-order chi connectivity index (χ1) is 9.47. The minimum Gasteiger partial charge on any atom is -0.481 e. The normalized spacial score (nSPS) is 10.5. The second kappa shape index (κ2) is 5.60. The molecule has 0 fully saturated rings. The van der Waals surface area contributed by atoms with E-state index in [1.807, 2.05) is 19.9 Å². The number of aryl methyl sites for hydroxylation is 2. The largest absolute Gasteiger partial charge is 0.481 e. The molecule has 0 aliphatic heterocycles. The van der Waals surface area contributed by atoms with E-state index in [1.54, 1.807) is 12.1 Å². The summed E-state index contributed by atoms with van der Waals surface area (Å²) in [6.45, 7) is 3.83. The third kappa shape index (κ3) is 3.05. The van der Waals surface area contributed by atoms with Crippen LogP contribution >= 0.6 is 0 Å². The number of aromatic nitrogens is 4. The maximum atomic E-state index is 12.1. The molecule has 7 nitrogen and oxygen atoms in total. The lowest BCUT2D eigenvalue weighted by atomic mass is 10.0. The number of benzene rings is 1. The molecule has 1 N–H and O–H groups in total. The van der Waals surface area contributed by atoms with Crippen LogP contribution in [-0.4, -0.2) is 37.1 Å². The van der Waals surface area contributed by atoms with Crippen LogP contribution < -0.4 is 0 Å². The van der Waals surface area contributed by atoms with E-state index in [4.69, 9.17) is 5.11 Å². The third-order valence-corrected chi connectivity index (χ3v) is 3.04. The van der Waals surface area contributed by atoms with E-state index in [2.05, 4.69) is 15.5 Å². The van der Waals surface area contributed by atoms with Crippen LogP contribution in [0.4, 0.5) is 0 Å². The van der Waals surface area contributed by atoms with Crippen molar-refractivity contribution in [1.29, 1.82) is 0 Å². The van der Waals surface area contributed by atoms with Crippen LogP contribution in [0.2, 0.25) is 0 Å². The van der Waals surface area contributed by atoms with Crippen molar-refractivity contribution in [1.82, 2.24) is 20.2 Å². The van der Waals surface area contributed by atoms with E-state index in [1.165, 1.54) is 4.68 Å². The summed E-state index contributed by atoms with van der Waals surface area (Å²) in [5.41, 5.74) is 2.69. The number of ketones is 1. The van der Waals surface area contributed by atoms with E-state index >= 15 is 0 Å². The zero-order valence-electron chi connectivity index (χ0n) is 11.2. The number of carbonyl (C=O) groups excluding carboxylic acids is 1. The van der Waals surface area contributed by atoms with Gasteiger partial charge in [0, 0.05) is 5.56 Å². The minimum absolute atomic E-state index is 0.0713. The maximum Gasteiger partial charge on any atom is 0.311 e. The Morgan fingerprint density at radius 3 is 2.65 bits per heavy atom. The first-order valence-electron chi connectivity index (χ1n) is 6.04. The van der Waals surface area contributed by atoms with Crippen LogP contribution in [0.5, 0.6) is 0 Å². The van der Waals surface area contributed by atoms with E-state index in [9.17, 15) is 9.59 Å². The number of hydrogen-bond donors (Lipinski definition) is 1. The summed E-state index contributed by atoms with van der Waals surface area (Å²) in [5.74, 6) is -1.04. The molecule has 2 rings (SSSR count). The van der Waals surface area contributed by atoms with Crippen molar-refractivity contribution in [3.05, 3.63) is 40.7 Å². The van der Waals surface area contributed by atoms with E-state index in [0.717, 1.165) is 11.1 Å². The van der Waals surface area contributed by atoms with Gasteiger partial charge in [-0.25, -0.2) is 4.68 Å². The van der Waals surface area contributed by atoms with Crippen LogP contribution in [0.1, 0.15) is 27.3 Å². The van der Waals surface area contributed by atoms with Crippen molar-refractivity contribution in [2.45, 2.75) is 26.8 Å². The van der Waals surface area contributed by atoms with Crippen LogP contribution in [0.3, 0.4) is 0 Å². The standard InChI is InChI=1S/C13H14N4O3/c1-8-3-4-10(5-9(8)2)11(18)7-17-12(6-13(19)20)14-15-16-17/h3-5H,6-7H2,1-2H3,(H,19,20). The van der Waals surface area contributed by atoms with Crippen molar-refractivity contribution in [3.8, 4) is 0 Å². The first-order valence-corrected chi connectivity index (χ1v) is 6.04. The fraction of sp³-hybridized carbons (Fsp3) is 0.308. The second-order valence-corrected chi connectivity index (χ2v) is 4.55. The molecule has 0 atom stereocenters. The molecule has 0 spiro atoms. The summed E-state index contributed by atoms with van der Waals surface area (Å²) < 4.78 is 1.21. The molecule has 0 saturated heterocycles. The van der Waals surface area contributed by atoms with Gasteiger partial charge in [-0.2, -0.15) is 0 Å². The van der Waals surface area contributed by atoms with Crippen molar-refractivity contribution < 1.29 is 14.7 Å². The molecule has 1 heterocycles. The molecule has 2 aromatic rings. The Kier molecular flexibility index (Phi) is 3.88. The maximum absolute atomic E-state index is 12.1. The van der Waals surface area contributed by atoms with Gasteiger partial charge < -0.3 is 5.11 Å². The van der Waals surface area contributed by atoms with Crippen molar-refractivity contribution in [3.63, 3.8) is 0 Å². The smallest absolute Gasteiger partial charge is 0.311 e. The van der Waals surface area contributed by atoms with Crippen LogP contribution in [0, 0.1) is 13.8 Å². The van der Waals surface area contributed by atoms with Gasteiger partial charge in [-0.05, 0) is 41.5 Å². The van der Waals surface area contributed by atoms with Crippen LogP contribution in [0.15, 0.2) is 18.2 Å². The molecule has 1 aromatic carbocycles. The zero-order valence-corrected chi connectivity index (χ0v) is 11.2. The summed E-state index contributed by atoms with van der Waals surface area (Å²) in [4.78, 5) is 22.8. The zero-order chi connectivity index (χ0) is 14.7. The number of nitrogens with zero attached hydrogens (tertiary/aromatic N) is 4. The second-order valence-electron chi connectivity index (χ2n) is 4.55. The number of aliphatic carboxylic acids is 1. The molecule has 0 bridgehead atoms. The van der Waals surface area contributed by atoms with Crippen molar-refractivity contribution in [2.75, 3.05) is 0 Å². The monoisotopic (exact) mass is 274 g/mol. The number of rotatable bonds is 5. The number of Topliss-reactive ketones (excluding diaryl/α,β-unsaturated/α-hetero) is 1. The SMILES string of the molecule is Cc1ccc(C(=O)Cn2nnnc2CC(=O)O)cc1C. The Labute approximate surface area is 115 Å². The Bertz CT molecular complexity index is 663. The average Bonchev–Trinajstić information content (AvgIpc) is 2.79. The Hall–Kier alpha value is -2.57. The third-order valence-electron chi connectivity index (χ3n) is 3.04. The lowest BCUT2D eigenvalue weighted by molar-refractivity contribution is -0.136. The molecule has 0 amide bonds. The van der Waals surface area contributed by atoms with Gasteiger partial charge in [0.05, 0.1) is 0 Å². The number of tetrazole rings is 1. The van der Waals surface area contributed by atoms with Gasteiger partial charge in [0.2, 0.25) is 0 Å². The fourth-order valence-corrected chi connectivity index (χ4v) is 1.75. The van der Waals surface area contributed by atoms with Gasteiger partial charge in [-0.1, -0.05) is 12.1 Å². The molecular formula is C13H14N4O3. The summed E-state index contributed by atoms with van der Waals surface area (Å²) in [5, 5.41) is 19.4. The minimum atomic E-state index is -1.04. The Balaban J connectivity index is 2.17. The topological polar surface area (TPSA) is 98.0 Å². The van der Waals surface area contributed by atoms with E-state index < -0.39 is 5.97 Å². The number of carboxylic acids is 1. The highest BCUT2D eigenvalue weighted by Crippen LogP contribution is 2.11. The lowest BCUT2D eigenvalue weighted by Gasteiger charge is -2.05. The molecule has 20 heavy (non-hydrogen) atoms. The molecule has 7 heteroatoms. The quantitative estimate of drug-likeness (QED) is 0.810. The summed E-state index contributed by atoms with van der Waals surface area (Å²) in [6, 6.07) is 5.42. The molecule has 0 unspecified atom stereocenters. The first kappa shape index (κ1) is 13.9. The average molecular weight is 274 g/mol. The van der Waals surface area contributed by atoms with Gasteiger partial charge in [-0.15, -0.1) is 5.10 Å². The number of hydrogen-bond acceptors (Lipinski definition) is 5. The fourth-order valence-electron chi connectivity index (χ4n) is 1.75. The lowest BCUT2D eigenvalue weighted by Crippen LogP contribution is -2.16. The van der Waals surface area contributed by atoms with Gasteiger partial charge in [0.15, 0.2) is 11.6 Å². The van der Waals surface area contributed by atoms with Gasteiger partial charge >= 0.3 is 5.97 Å². The molecule has 1 aromatic heterocycles. The van der Waals surface area contributed by atoms with Crippen molar-refractivity contribution in [2.24, 2.45) is 0 Å². The molecule has 0 aliphatic rings. The van der Waals surface area contributed by atoms with E-state index in [-0.39, 0.29) is 24.6 Å². The van der Waals surface area contributed by atoms with Gasteiger partial charge in [-0.3, -0.25) is 9.59 Å². The highest BCUT2D eigenvalue weighted by atomic mass is 16.4. The van der Waals surface area contributed by atoms with Crippen LogP contribution in [0.25, 0.3) is 0 Å². The highest BCUT2D eigenvalue weighted by Gasteiger charge is 2.14. The summed E-state index contributed by atoms with van der Waals surface area (Å²) >= 11 is 0. The Morgan fingerprint density at radius 2 is 2.00 bits per heavy atom. The van der Waals surface area contributed by atoms with Gasteiger partial charge in [0.1, 0.15) is 13.0 Å². The van der Waals surface area contributed by atoms with Gasteiger partial charge in [0.25, 0.3) is 0 Å². The number of carbonyl (C=O) groups is 2.